The molecule has 0 atom stereocenters. The van der Waals surface area contributed by atoms with E-state index in [2.05, 4.69) is 20.7 Å². The van der Waals surface area contributed by atoms with Crippen molar-refractivity contribution in [2.24, 2.45) is 12.0 Å². The molecule has 0 saturated carbocycles. The Labute approximate surface area is 179 Å². The van der Waals surface area contributed by atoms with Gasteiger partial charge in [-0.3, -0.25) is 19.8 Å². The number of aromatic nitrogens is 2. The molecule has 2 aromatic carbocycles. The predicted molar refractivity (Wildman–Crippen MR) is 118 cm³/mol. The van der Waals surface area contributed by atoms with Gasteiger partial charge in [0.25, 0.3) is 5.91 Å². The fourth-order valence-electron chi connectivity index (χ4n) is 3.05. The van der Waals surface area contributed by atoms with Crippen molar-refractivity contribution in [3.63, 3.8) is 0 Å². The SMILES string of the molecule is Cc1nn(C)c(C)c1CCN=C(NC(=O)c1ccccc1)Nc1ccc(F)c(Cl)c1. The number of benzene rings is 2. The molecule has 0 aliphatic heterocycles. The van der Waals surface area contributed by atoms with E-state index in [1.165, 1.54) is 18.2 Å². The summed E-state index contributed by atoms with van der Waals surface area (Å²) in [6, 6.07) is 13.1. The van der Waals surface area contributed by atoms with Crippen LogP contribution in [0.15, 0.2) is 53.5 Å². The fraction of sp³-hybridized carbons (Fsp3) is 0.227. The molecule has 0 aliphatic carbocycles. The minimum Gasteiger partial charge on any atom is -0.326 e. The molecule has 0 saturated heterocycles. The highest BCUT2D eigenvalue weighted by atomic mass is 35.5. The van der Waals surface area contributed by atoms with E-state index in [1.54, 1.807) is 24.3 Å². The van der Waals surface area contributed by atoms with Crippen LogP contribution in [0.3, 0.4) is 0 Å². The van der Waals surface area contributed by atoms with E-state index in [0.717, 1.165) is 17.0 Å². The van der Waals surface area contributed by atoms with E-state index in [0.29, 0.717) is 24.2 Å². The zero-order valence-corrected chi connectivity index (χ0v) is 17.8. The predicted octanol–water partition coefficient (Wildman–Crippen LogP) is 4.27. The molecule has 1 heterocycles. The highest BCUT2D eigenvalue weighted by Gasteiger charge is 2.12. The summed E-state index contributed by atoms with van der Waals surface area (Å²) < 4.78 is 15.3. The average Bonchev–Trinajstić information content (AvgIpc) is 2.97. The molecule has 156 valence electrons. The third-order valence-corrected chi connectivity index (χ3v) is 5.03. The van der Waals surface area contributed by atoms with Crippen LogP contribution < -0.4 is 10.6 Å². The molecule has 0 fully saturated rings. The summed E-state index contributed by atoms with van der Waals surface area (Å²) in [6.07, 6.45) is 0.669. The van der Waals surface area contributed by atoms with Gasteiger partial charge in [-0.2, -0.15) is 5.10 Å². The van der Waals surface area contributed by atoms with Crippen LogP contribution in [-0.4, -0.2) is 28.2 Å². The van der Waals surface area contributed by atoms with Gasteiger partial charge in [-0.15, -0.1) is 0 Å². The van der Waals surface area contributed by atoms with Crippen molar-refractivity contribution >= 4 is 29.2 Å². The van der Waals surface area contributed by atoms with Crippen LogP contribution in [-0.2, 0) is 13.5 Å². The smallest absolute Gasteiger partial charge is 0.257 e. The lowest BCUT2D eigenvalue weighted by molar-refractivity contribution is 0.0977. The molecular formula is C22H23ClFN5O. The van der Waals surface area contributed by atoms with E-state index in [1.807, 2.05) is 31.6 Å². The number of carbonyl (C=O) groups is 1. The zero-order valence-electron chi connectivity index (χ0n) is 17.0. The fourth-order valence-corrected chi connectivity index (χ4v) is 3.23. The van der Waals surface area contributed by atoms with Gasteiger partial charge in [-0.25, -0.2) is 4.39 Å². The molecule has 1 amide bonds. The molecule has 6 nitrogen and oxygen atoms in total. The maximum Gasteiger partial charge on any atom is 0.257 e. The summed E-state index contributed by atoms with van der Waals surface area (Å²) >= 11 is 5.87. The Morgan fingerprint density at radius 2 is 1.93 bits per heavy atom. The summed E-state index contributed by atoms with van der Waals surface area (Å²) in [4.78, 5) is 17.1. The van der Waals surface area contributed by atoms with Crippen molar-refractivity contribution in [1.29, 1.82) is 0 Å². The molecule has 0 bridgehead atoms. The van der Waals surface area contributed by atoms with Gasteiger partial charge in [-0.1, -0.05) is 29.8 Å². The number of nitrogens with zero attached hydrogens (tertiary/aromatic N) is 3. The lowest BCUT2D eigenvalue weighted by Gasteiger charge is -2.12. The van der Waals surface area contributed by atoms with Gasteiger partial charge in [0.05, 0.1) is 10.7 Å². The Kier molecular flexibility index (Phi) is 6.84. The number of amides is 1. The second-order valence-corrected chi connectivity index (χ2v) is 7.23. The molecule has 0 radical (unpaired) electrons. The first kappa shape index (κ1) is 21.5. The number of anilines is 1. The Balaban J connectivity index is 1.79. The average molecular weight is 428 g/mol. The quantitative estimate of drug-likeness (QED) is 0.472. The van der Waals surface area contributed by atoms with Crippen LogP contribution in [0.2, 0.25) is 5.02 Å². The molecule has 8 heteroatoms. The van der Waals surface area contributed by atoms with E-state index in [-0.39, 0.29) is 16.9 Å². The van der Waals surface area contributed by atoms with Crippen LogP contribution in [0, 0.1) is 19.7 Å². The van der Waals surface area contributed by atoms with E-state index < -0.39 is 5.82 Å². The monoisotopic (exact) mass is 427 g/mol. The second-order valence-electron chi connectivity index (χ2n) is 6.83. The van der Waals surface area contributed by atoms with Gasteiger partial charge in [0.15, 0.2) is 0 Å². The first-order chi connectivity index (χ1) is 14.3. The second kappa shape index (κ2) is 9.54. The van der Waals surface area contributed by atoms with Crippen LogP contribution >= 0.6 is 11.6 Å². The Hall–Kier alpha value is -3.19. The maximum atomic E-state index is 13.5. The van der Waals surface area contributed by atoms with Gasteiger partial charge in [0.1, 0.15) is 5.82 Å². The number of hydrogen-bond acceptors (Lipinski definition) is 3. The van der Waals surface area contributed by atoms with E-state index in [9.17, 15) is 9.18 Å². The van der Waals surface area contributed by atoms with Crippen LogP contribution in [0.25, 0.3) is 0 Å². The number of aryl methyl sites for hydroxylation is 2. The molecule has 3 rings (SSSR count). The van der Waals surface area contributed by atoms with E-state index >= 15 is 0 Å². The van der Waals surface area contributed by atoms with Gasteiger partial charge in [0.2, 0.25) is 5.96 Å². The zero-order chi connectivity index (χ0) is 21.7. The molecule has 0 unspecified atom stereocenters. The first-order valence-corrected chi connectivity index (χ1v) is 9.85. The van der Waals surface area contributed by atoms with Crippen LogP contribution in [0.5, 0.6) is 0 Å². The molecule has 2 N–H and O–H groups in total. The van der Waals surface area contributed by atoms with Crippen molar-refractivity contribution < 1.29 is 9.18 Å². The van der Waals surface area contributed by atoms with Gasteiger partial charge in [-0.05, 0) is 56.2 Å². The van der Waals surface area contributed by atoms with Gasteiger partial charge >= 0.3 is 0 Å². The molecule has 0 aliphatic rings. The van der Waals surface area contributed by atoms with Crippen LogP contribution in [0.4, 0.5) is 10.1 Å². The minimum absolute atomic E-state index is 0.0182. The molecule has 0 spiro atoms. The van der Waals surface area contributed by atoms with Crippen molar-refractivity contribution in [3.05, 3.63) is 81.9 Å². The Bertz CT molecular complexity index is 1080. The number of halogens is 2. The number of nitrogens with one attached hydrogen (secondary N) is 2. The molecular weight excluding hydrogens is 405 g/mol. The summed E-state index contributed by atoms with van der Waals surface area (Å²) in [7, 11) is 1.90. The number of rotatable bonds is 5. The largest absolute Gasteiger partial charge is 0.326 e. The lowest BCUT2D eigenvalue weighted by Crippen LogP contribution is -2.36. The number of aliphatic imine (C=N–C) groups is 1. The maximum absolute atomic E-state index is 13.5. The topological polar surface area (TPSA) is 71.3 Å². The summed E-state index contributed by atoms with van der Waals surface area (Å²) in [5.74, 6) is -0.564. The summed E-state index contributed by atoms with van der Waals surface area (Å²) in [6.45, 7) is 4.40. The number of carbonyl (C=O) groups excluding carboxylic acids is 1. The van der Waals surface area contributed by atoms with Crippen molar-refractivity contribution in [1.82, 2.24) is 15.1 Å². The minimum atomic E-state index is -0.517. The number of hydrogen-bond donors (Lipinski definition) is 2. The van der Waals surface area contributed by atoms with Gasteiger partial charge < -0.3 is 5.32 Å². The third kappa shape index (κ3) is 5.24. The lowest BCUT2D eigenvalue weighted by atomic mass is 10.1. The molecule has 30 heavy (non-hydrogen) atoms. The summed E-state index contributed by atoms with van der Waals surface area (Å²) in [5, 5.41) is 10.2. The van der Waals surface area contributed by atoms with Crippen molar-refractivity contribution in [3.8, 4) is 0 Å². The van der Waals surface area contributed by atoms with Crippen molar-refractivity contribution in [2.75, 3.05) is 11.9 Å². The molecule has 3 aromatic rings. The summed E-state index contributed by atoms with van der Waals surface area (Å²) in [5.41, 5.74) is 4.18. The third-order valence-electron chi connectivity index (χ3n) is 4.74. The van der Waals surface area contributed by atoms with Crippen LogP contribution in [0.1, 0.15) is 27.3 Å². The standard InChI is InChI=1S/C22H23ClFN5O/c1-14-18(15(2)29(3)28-14)11-12-25-22(26-17-9-10-20(24)19(23)13-17)27-21(30)16-7-5-4-6-8-16/h4-10,13H,11-12H2,1-3H3,(H2,25,26,27,30). The number of guanidine groups is 1. The van der Waals surface area contributed by atoms with Gasteiger partial charge in [0, 0.05) is 30.5 Å². The first-order valence-electron chi connectivity index (χ1n) is 9.47. The highest BCUT2D eigenvalue weighted by molar-refractivity contribution is 6.31. The van der Waals surface area contributed by atoms with E-state index in [4.69, 9.17) is 11.6 Å². The highest BCUT2D eigenvalue weighted by Crippen LogP contribution is 2.19. The Morgan fingerprint density at radius 1 is 1.20 bits per heavy atom. The molecule has 1 aromatic heterocycles. The normalized spacial score (nSPS) is 11.4. The Morgan fingerprint density at radius 3 is 2.57 bits per heavy atom. The van der Waals surface area contributed by atoms with Crippen molar-refractivity contribution in [2.45, 2.75) is 20.3 Å².